The van der Waals surface area contributed by atoms with Crippen LogP contribution in [-0.2, 0) is 4.79 Å². The van der Waals surface area contributed by atoms with Crippen LogP contribution in [0.3, 0.4) is 0 Å². The van der Waals surface area contributed by atoms with E-state index in [1.54, 1.807) is 24.3 Å². The number of carboxylic acid groups (broad SMARTS) is 1. The van der Waals surface area contributed by atoms with Crippen molar-refractivity contribution in [1.82, 2.24) is 0 Å². The van der Waals surface area contributed by atoms with Gasteiger partial charge in [-0.25, -0.2) is 4.79 Å². The maximum absolute atomic E-state index is 10.1. The van der Waals surface area contributed by atoms with Crippen molar-refractivity contribution < 1.29 is 44.9 Å². The molecule has 0 saturated heterocycles. The van der Waals surface area contributed by atoms with E-state index >= 15 is 0 Å². The summed E-state index contributed by atoms with van der Waals surface area (Å²) in [6.45, 7) is 0.504. The molecule has 0 bridgehead atoms. The fourth-order valence-corrected chi connectivity index (χ4v) is 3.07. The molecule has 0 aliphatic heterocycles. The molecular formula is C26H38N4O9. The Labute approximate surface area is 226 Å². The lowest BCUT2D eigenvalue weighted by molar-refractivity contribution is -0.164. The van der Waals surface area contributed by atoms with Crippen LogP contribution >= 0.6 is 0 Å². The summed E-state index contributed by atoms with van der Waals surface area (Å²) in [5, 5.41) is 66.5. The van der Waals surface area contributed by atoms with Gasteiger partial charge < -0.3 is 51.6 Å². The van der Waals surface area contributed by atoms with Crippen molar-refractivity contribution in [1.29, 1.82) is 10.8 Å². The summed E-state index contributed by atoms with van der Waals surface area (Å²) in [5.41, 5.74) is 12.2. The van der Waals surface area contributed by atoms with E-state index in [1.165, 1.54) is 0 Å². The number of aliphatic carboxylic acids is 1. The van der Waals surface area contributed by atoms with Crippen molar-refractivity contribution in [2.24, 2.45) is 11.5 Å². The highest BCUT2D eigenvalue weighted by Gasteiger charge is 2.33. The highest BCUT2D eigenvalue weighted by atomic mass is 16.5. The Morgan fingerprint density at radius 2 is 1.10 bits per heavy atom. The Morgan fingerprint density at radius 1 is 0.718 bits per heavy atom. The van der Waals surface area contributed by atoms with Gasteiger partial charge in [-0.3, -0.25) is 10.8 Å². The van der Waals surface area contributed by atoms with E-state index in [9.17, 15) is 4.79 Å². The average molecular weight is 551 g/mol. The first kappa shape index (κ1) is 33.3. The minimum atomic E-state index is -2.20. The average Bonchev–Trinajstić information content (AvgIpc) is 2.93. The monoisotopic (exact) mass is 550 g/mol. The number of aliphatic hydroxyl groups is 5. The van der Waals surface area contributed by atoms with Gasteiger partial charge in [0.1, 0.15) is 41.5 Å². The fourth-order valence-electron chi connectivity index (χ4n) is 3.07. The molecule has 0 aromatic heterocycles. The normalized spacial score (nSPS) is 13.7. The number of nitrogens with two attached hydrogens (primary N) is 2. The third-order valence-electron chi connectivity index (χ3n) is 5.41. The topological polar surface area (TPSA) is 257 Å². The van der Waals surface area contributed by atoms with Gasteiger partial charge in [0.15, 0.2) is 6.10 Å². The molecule has 0 aliphatic carbocycles. The van der Waals surface area contributed by atoms with E-state index < -0.39 is 37.0 Å². The van der Waals surface area contributed by atoms with Crippen LogP contribution in [0, 0.1) is 10.8 Å². The van der Waals surface area contributed by atoms with Crippen LogP contribution in [-0.4, -0.2) is 92.5 Å². The Bertz CT molecular complexity index is 956. The number of hydrogen-bond acceptors (Lipinski definition) is 10. The number of hydrogen-bond donors (Lipinski definition) is 10. The second-order valence-corrected chi connectivity index (χ2v) is 8.50. The molecule has 0 heterocycles. The van der Waals surface area contributed by atoms with Crippen LogP contribution in [0.25, 0.3) is 0 Å². The quantitative estimate of drug-likeness (QED) is 0.0742. The van der Waals surface area contributed by atoms with Gasteiger partial charge in [0.05, 0.1) is 19.8 Å². The molecule has 0 amide bonds. The predicted octanol–water partition coefficient (Wildman–Crippen LogP) is -0.220. The zero-order valence-electron chi connectivity index (χ0n) is 21.4. The van der Waals surface area contributed by atoms with Gasteiger partial charge in [0.25, 0.3) is 0 Å². The van der Waals surface area contributed by atoms with E-state index in [0.717, 1.165) is 37.2 Å². The molecule has 2 rings (SSSR count). The predicted molar refractivity (Wildman–Crippen MR) is 143 cm³/mol. The van der Waals surface area contributed by atoms with Crippen molar-refractivity contribution in [2.45, 2.75) is 50.1 Å². The Hall–Kier alpha value is -3.75. The summed E-state index contributed by atoms with van der Waals surface area (Å²) in [5.74, 6) is -0.00139. The summed E-state index contributed by atoms with van der Waals surface area (Å²) >= 11 is 0. The molecule has 0 radical (unpaired) electrons. The van der Waals surface area contributed by atoms with Crippen LogP contribution in [0.1, 0.15) is 36.8 Å². The number of nitrogen functional groups attached to an aromatic ring is 2. The van der Waals surface area contributed by atoms with Gasteiger partial charge in [-0.1, -0.05) is 0 Å². The standard InChI is InChI=1S/C20H26N4O2.C6H12O7/c21-19(22)15-5-9-17(10-6-15)25-13-3-1-2-4-14-26-18-11-7-16(8-12-18)20(23)24;7-1-2(8)3(9)4(10)5(11)6(12)13/h5-12H,1-4,13-14H2,(H3,21,22)(H3,23,24);2-5,7-11H,1H2,(H,12,13)/t;2-,3-,4+,5-/m.1/s1. The van der Waals surface area contributed by atoms with E-state index in [4.69, 9.17) is 62.4 Å². The molecule has 0 fully saturated rings. The zero-order chi connectivity index (χ0) is 29.4. The number of rotatable bonds is 16. The van der Waals surface area contributed by atoms with Crippen LogP contribution in [0.4, 0.5) is 0 Å². The van der Waals surface area contributed by atoms with Gasteiger partial charge in [-0.15, -0.1) is 0 Å². The first-order chi connectivity index (χ1) is 18.5. The molecule has 12 N–H and O–H groups in total. The molecule has 0 aliphatic rings. The fraction of sp³-hybridized carbons (Fsp3) is 0.423. The molecule has 216 valence electrons. The van der Waals surface area contributed by atoms with Crippen LogP contribution in [0.5, 0.6) is 11.5 Å². The second kappa shape index (κ2) is 17.7. The Kier molecular flexibility index (Phi) is 15.1. The van der Waals surface area contributed by atoms with Gasteiger partial charge in [0.2, 0.25) is 0 Å². The lowest BCUT2D eigenvalue weighted by Gasteiger charge is -2.23. The Balaban J connectivity index is 0.000000495. The minimum absolute atomic E-state index is 0.0635. The van der Waals surface area contributed by atoms with Crippen molar-refractivity contribution in [3.05, 3.63) is 59.7 Å². The zero-order valence-corrected chi connectivity index (χ0v) is 21.4. The highest BCUT2D eigenvalue weighted by molar-refractivity contribution is 5.95. The van der Waals surface area contributed by atoms with Crippen molar-refractivity contribution in [3.8, 4) is 11.5 Å². The molecule has 0 unspecified atom stereocenters. The van der Waals surface area contributed by atoms with Crippen LogP contribution in [0.15, 0.2) is 48.5 Å². The van der Waals surface area contributed by atoms with E-state index in [-0.39, 0.29) is 11.7 Å². The summed E-state index contributed by atoms with van der Waals surface area (Å²) in [7, 11) is 0. The summed E-state index contributed by atoms with van der Waals surface area (Å²) in [6.07, 6.45) is -3.70. The second-order valence-electron chi connectivity index (χ2n) is 8.50. The summed E-state index contributed by atoms with van der Waals surface area (Å²) in [4.78, 5) is 10.1. The number of ether oxygens (including phenoxy) is 2. The molecule has 2 aromatic rings. The maximum Gasteiger partial charge on any atom is 0.335 e. The molecule has 39 heavy (non-hydrogen) atoms. The van der Waals surface area contributed by atoms with Crippen LogP contribution < -0.4 is 20.9 Å². The Morgan fingerprint density at radius 3 is 1.41 bits per heavy atom. The van der Waals surface area contributed by atoms with Crippen molar-refractivity contribution in [2.75, 3.05) is 19.8 Å². The number of nitrogens with one attached hydrogen (secondary N) is 2. The van der Waals surface area contributed by atoms with Gasteiger partial charge >= 0.3 is 5.97 Å². The summed E-state index contributed by atoms with van der Waals surface area (Å²) < 4.78 is 11.4. The summed E-state index contributed by atoms with van der Waals surface area (Å²) in [6, 6.07) is 14.5. The first-order valence-electron chi connectivity index (χ1n) is 12.2. The molecule has 0 saturated carbocycles. The first-order valence-corrected chi connectivity index (χ1v) is 12.2. The number of amidine groups is 2. The van der Waals surface area contributed by atoms with E-state index in [1.807, 2.05) is 24.3 Å². The van der Waals surface area contributed by atoms with Crippen molar-refractivity contribution >= 4 is 17.6 Å². The molecule has 4 atom stereocenters. The van der Waals surface area contributed by atoms with E-state index in [0.29, 0.717) is 24.3 Å². The van der Waals surface area contributed by atoms with Gasteiger partial charge in [0, 0.05) is 11.1 Å². The third kappa shape index (κ3) is 12.6. The van der Waals surface area contributed by atoms with Crippen molar-refractivity contribution in [3.63, 3.8) is 0 Å². The molecule has 2 aromatic carbocycles. The number of unbranched alkanes of at least 4 members (excludes halogenated alkanes) is 3. The minimum Gasteiger partial charge on any atom is -0.494 e. The molecular weight excluding hydrogens is 512 g/mol. The highest BCUT2D eigenvalue weighted by Crippen LogP contribution is 2.14. The SMILES string of the molecule is N=C(N)c1ccc(OCCCCCCOc2ccc(C(=N)N)cc2)cc1.O=C(O)[C@H](O)[C@@H](O)[C@H](O)[C@H](O)CO. The van der Waals surface area contributed by atoms with Crippen LogP contribution in [0.2, 0.25) is 0 Å². The number of benzene rings is 2. The molecule has 13 nitrogen and oxygen atoms in total. The third-order valence-corrected chi connectivity index (χ3v) is 5.41. The largest absolute Gasteiger partial charge is 0.494 e. The smallest absolute Gasteiger partial charge is 0.335 e. The number of aliphatic hydroxyl groups excluding tert-OH is 5. The maximum atomic E-state index is 10.1. The lowest BCUT2D eigenvalue weighted by Crippen LogP contribution is -2.48. The van der Waals surface area contributed by atoms with Gasteiger partial charge in [-0.2, -0.15) is 0 Å². The van der Waals surface area contributed by atoms with E-state index in [2.05, 4.69) is 0 Å². The number of carbonyl (C=O) groups is 1. The lowest BCUT2D eigenvalue weighted by atomic mass is 10.0. The molecule has 13 heteroatoms. The van der Waals surface area contributed by atoms with Gasteiger partial charge in [-0.05, 0) is 74.2 Å². The molecule has 0 spiro atoms. The number of carboxylic acids is 1.